The molecule has 0 bridgehead atoms. The van der Waals surface area contributed by atoms with E-state index in [1.54, 1.807) is 48.5 Å². The van der Waals surface area contributed by atoms with Crippen LogP contribution in [-0.2, 0) is 16.1 Å². The van der Waals surface area contributed by atoms with Gasteiger partial charge in [0.15, 0.2) is 5.03 Å². The second-order valence-corrected chi connectivity index (χ2v) is 7.65. The summed E-state index contributed by atoms with van der Waals surface area (Å²) in [6.45, 7) is -0.268. The topological polar surface area (TPSA) is 209 Å². The summed E-state index contributed by atoms with van der Waals surface area (Å²) >= 11 is 0. The summed E-state index contributed by atoms with van der Waals surface area (Å²) in [5.74, 6) is -1.56. The van der Waals surface area contributed by atoms with Gasteiger partial charge in [-0.05, 0) is 30.5 Å². The lowest BCUT2D eigenvalue weighted by Gasteiger charge is -2.18. The first-order valence-electron chi connectivity index (χ1n) is 11.1. The van der Waals surface area contributed by atoms with Gasteiger partial charge in [0.25, 0.3) is 11.9 Å². The molecule has 2 amide bonds. The molecule has 15 heteroatoms. The molecular weight excluding hydrogens is 486 g/mol. The summed E-state index contributed by atoms with van der Waals surface area (Å²) in [7, 11) is 0. The van der Waals surface area contributed by atoms with Crippen LogP contribution in [0.4, 0.5) is 4.79 Å². The fraction of sp³-hybridized carbons (Fsp3) is 0.273. The minimum Gasteiger partial charge on any atom is -0.445 e. The van der Waals surface area contributed by atoms with Gasteiger partial charge < -0.3 is 26.4 Å². The Morgan fingerprint density at radius 3 is 2.59 bits per heavy atom. The number of hydrogen-bond donors (Lipinski definition) is 4. The van der Waals surface area contributed by atoms with Crippen LogP contribution in [0.2, 0.25) is 0 Å². The van der Waals surface area contributed by atoms with Crippen LogP contribution in [0.15, 0.2) is 59.7 Å². The van der Waals surface area contributed by atoms with Crippen molar-refractivity contribution in [2.24, 2.45) is 10.8 Å². The Hall–Kier alpha value is -5.08. The average molecular weight is 511 g/mol. The van der Waals surface area contributed by atoms with E-state index in [-0.39, 0.29) is 26.0 Å². The SMILES string of the molecule is N/C(=N/[N+](=O)[O-])NCCC[C@H](NC(=O)OCc1ccccc1)C(=O)NCC(=O)n1nnc2ccccc21. The van der Waals surface area contributed by atoms with Gasteiger partial charge in [0, 0.05) is 6.54 Å². The van der Waals surface area contributed by atoms with E-state index in [2.05, 4.69) is 31.4 Å². The Kier molecular flexibility index (Phi) is 9.41. The molecule has 0 saturated heterocycles. The normalized spacial score (nSPS) is 11.9. The molecule has 194 valence electrons. The number of nitro groups is 1. The van der Waals surface area contributed by atoms with E-state index in [9.17, 15) is 24.5 Å². The molecule has 1 aromatic heterocycles. The zero-order chi connectivity index (χ0) is 26.6. The Bertz CT molecular complexity index is 1280. The lowest BCUT2D eigenvalue weighted by atomic mass is 10.1. The summed E-state index contributed by atoms with van der Waals surface area (Å²) in [5.41, 5.74) is 7.14. The summed E-state index contributed by atoms with van der Waals surface area (Å²) in [4.78, 5) is 48.1. The van der Waals surface area contributed by atoms with Crippen molar-refractivity contribution < 1.29 is 24.2 Å². The van der Waals surface area contributed by atoms with E-state index in [0.717, 1.165) is 10.2 Å². The number of nitrogens with two attached hydrogens (primary N) is 1. The van der Waals surface area contributed by atoms with Gasteiger partial charge in [-0.2, -0.15) is 4.68 Å². The highest BCUT2D eigenvalue weighted by Gasteiger charge is 2.23. The maximum Gasteiger partial charge on any atom is 0.408 e. The fourth-order valence-electron chi connectivity index (χ4n) is 3.24. The zero-order valence-electron chi connectivity index (χ0n) is 19.6. The van der Waals surface area contributed by atoms with Crippen LogP contribution < -0.4 is 21.7 Å². The molecule has 37 heavy (non-hydrogen) atoms. The van der Waals surface area contributed by atoms with Crippen molar-refractivity contribution >= 4 is 34.9 Å². The maximum atomic E-state index is 12.8. The number of hydrazone groups is 1. The van der Waals surface area contributed by atoms with E-state index >= 15 is 0 Å². The Balaban J connectivity index is 1.57. The van der Waals surface area contributed by atoms with E-state index in [0.29, 0.717) is 11.0 Å². The lowest BCUT2D eigenvalue weighted by molar-refractivity contribution is -0.485. The number of guanidine groups is 1. The van der Waals surface area contributed by atoms with Gasteiger partial charge in [0.05, 0.1) is 12.1 Å². The number of carbonyl (C=O) groups is 3. The third kappa shape index (κ3) is 8.27. The summed E-state index contributed by atoms with van der Waals surface area (Å²) < 4.78 is 6.26. The number of rotatable bonds is 11. The molecule has 0 unspecified atom stereocenters. The van der Waals surface area contributed by atoms with E-state index in [1.165, 1.54) is 0 Å². The molecule has 0 spiro atoms. The number of nitrogens with one attached hydrogen (secondary N) is 3. The summed E-state index contributed by atoms with van der Waals surface area (Å²) in [5, 5.41) is 27.5. The van der Waals surface area contributed by atoms with Crippen LogP contribution in [0.25, 0.3) is 11.0 Å². The average Bonchev–Trinajstić information content (AvgIpc) is 3.32. The zero-order valence-corrected chi connectivity index (χ0v) is 19.6. The highest BCUT2D eigenvalue weighted by molar-refractivity contribution is 5.93. The number of nitrogens with zero attached hydrogens (tertiary/aromatic N) is 5. The monoisotopic (exact) mass is 511 g/mol. The van der Waals surface area contributed by atoms with E-state index < -0.39 is 41.5 Å². The summed E-state index contributed by atoms with van der Waals surface area (Å²) in [6.07, 6.45) is -0.460. The number of para-hydroxylation sites is 1. The number of ether oxygens (including phenoxy) is 1. The predicted molar refractivity (Wildman–Crippen MR) is 131 cm³/mol. The molecule has 0 aliphatic carbocycles. The van der Waals surface area contributed by atoms with Crippen molar-refractivity contribution in [3.63, 3.8) is 0 Å². The molecule has 3 rings (SSSR count). The van der Waals surface area contributed by atoms with Crippen molar-refractivity contribution in [2.45, 2.75) is 25.5 Å². The van der Waals surface area contributed by atoms with E-state index in [1.807, 2.05) is 6.07 Å². The second-order valence-electron chi connectivity index (χ2n) is 7.65. The van der Waals surface area contributed by atoms with Crippen molar-refractivity contribution in [3.05, 3.63) is 70.3 Å². The van der Waals surface area contributed by atoms with Crippen LogP contribution >= 0.6 is 0 Å². The largest absolute Gasteiger partial charge is 0.445 e. The van der Waals surface area contributed by atoms with Gasteiger partial charge in [0.1, 0.15) is 23.3 Å². The Morgan fingerprint density at radius 2 is 1.84 bits per heavy atom. The minimum absolute atomic E-state index is 0.00564. The Labute approximate surface area is 210 Å². The number of amides is 2. The smallest absolute Gasteiger partial charge is 0.408 e. The molecule has 0 saturated carbocycles. The first-order valence-corrected chi connectivity index (χ1v) is 11.1. The first kappa shape index (κ1) is 26.5. The molecule has 1 atom stereocenters. The van der Waals surface area contributed by atoms with Crippen LogP contribution in [-0.4, -0.2) is 63.0 Å². The van der Waals surface area contributed by atoms with Crippen LogP contribution in [0.3, 0.4) is 0 Å². The van der Waals surface area contributed by atoms with Gasteiger partial charge in [-0.25, -0.2) is 14.9 Å². The minimum atomic E-state index is -1.07. The van der Waals surface area contributed by atoms with Crippen LogP contribution in [0.1, 0.15) is 23.2 Å². The van der Waals surface area contributed by atoms with Gasteiger partial charge in [-0.15, -0.1) is 5.10 Å². The van der Waals surface area contributed by atoms with Gasteiger partial charge in [-0.3, -0.25) is 9.59 Å². The van der Waals surface area contributed by atoms with Crippen LogP contribution in [0, 0.1) is 10.1 Å². The summed E-state index contributed by atoms with van der Waals surface area (Å²) in [6, 6.07) is 14.7. The van der Waals surface area contributed by atoms with Crippen molar-refractivity contribution in [1.29, 1.82) is 0 Å². The maximum absolute atomic E-state index is 12.8. The second kappa shape index (κ2) is 13.1. The van der Waals surface area contributed by atoms with Crippen molar-refractivity contribution in [2.75, 3.05) is 13.1 Å². The molecule has 2 aromatic carbocycles. The van der Waals surface area contributed by atoms with Gasteiger partial charge >= 0.3 is 6.09 Å². The molecule has 0 fully saturated rings. The van der Waals surface area contributed by atoms with Crippen molar-refractivity contribution in [1.82, 2.24) is 30.9 Å². The highest BCUT2D eigenvalue weighted by Crippen LogP contribution is 2.09. The number of hydrogen-bond acceptors (Lipinski definition) is 8. The van der Waals surface area contributed by atoms with Crippen LogP contribution in [0.5, 0.6) is 0 Å². The molecule has 15 nitrogen and oxygen atoms in total. The molecule has 0 aliphatic rings. The molecule has 0 aliphatic heterocycles. The van der Waals surface area contributed by atoms with E-state index in [4.69, 9.17) is 10.5 Å². The molecule has 3 aromatic rings. The predicted octanol–water partition coefficient (Wildman–Crippen LogP) is 0.359. The molecule has 5 N–H and O–H groups in total. The third-order valence-corrected chi connectivity index (χ3v) is 4.99. The lowest BCUT2D eigenvalue weighted by Crippen LogP contribution is -2.48. The highest BCUT2D eigenvalue weighted by atomic mass is 16.7. The number of fused-ring (bicyclic) bond motifs is 1. The first-order chi connectivity index (χ1) is 17.8. The fourth-order valence-corrected chi connectivity index (χ4v) is 3.24. The molecule has 1 heterocycles. The van der Waals surface area contributed by atoms with Gasteiger partial charge in [0.2, 0.25) is 5.91 Å². The quantitative estimate of drug-likeness (QED) is 0.0913. The Morgan fingerprint density at radius 1 is 1.11 bits per heavy atom. The molecular formula is C22H25N9O6. The number of aromatic nitrogens is 3. The number of alkyl carbamates (subject to hydrolysis) is 1. The van der Waals surface area contributed by atoms with Crippen molar-refractivity contribution in [3.8, 4) is 0 Å². The number of benzene rings is 2. The standard InChI is InChI=1S/C22H25N9O6/c23-21(28-31(35)36)24-12-6-10-17(26-22(34)37-14-15-7-2-1-3-8-15)20(33)25-13-19(32)30-18-11-5-4-9-16(18)27-29-30/h1-5,7-9,11,17H,6,10,12-14H2,(H,25,33)(H,26,34)(H3,23,24,28)/t17-/m0/s1. The molecule has 0 radical (unpaired) electrons. The third-order valence-electron chi connectivity index (χ3n) is 4.99. The number of carbonyl (C=O) groups excluding carboxylic acids is 3. The van der Waals surface area contributed by atoms with Gasteiger partial charge in [-0.1, -0.05) is 47.7 Å².